The molecule has 0 saturated heterocycles. The lowest BCUT2D eigenvalue weighted by Gasteiger charge is -2.24. The van der Waals surface area contributed by atoms with Gasteiger partial charge in [-0.3, -0.25) is 0 Å². The van der Waals surface area contributed by atoms with Crippen molar-refractivity contribution in [3.8, 4) is 5.75 Å². The number of hydrogen-bond acceptors (Lipinski definition) is 4. The molecule has 26 heavy (non-hydrogen) atoms. The molecule has 0 spiro atoms. The molecule has 0 fully saturated rings. The maximum Gasteiger partial charge on any atom is 0.402 e. The summed E-state index contributed by atoms with van der Waals surface area (Å²) in [5.41, 5.74) is 1.64. The highest BCUT2D eigenvalue weighted by Crippen LogP contribution is 2.30. The van der Waals surface area contributed by atoms with Gasteiger partial charge in [0.1, 0.15) is 12.3 Å². The number of thiophene rings is 1. The minimum atomic E-state index is -4.64. The van der Waals surface area contributed by atoms with E-state index in [0.717, 1.165) is 0 Å². The first-order valence-corrected chi connectivity index (χ1v) is 10.2. The Morgan fingerprint density at radius 1 is 1.19 bits per heavy atom. The summed E-state index contributed by atoms with van der Waals surface area (Å²) < 4.78 is 70.7. The Kier molecular flexibility index (Phi) is 6.36. The highest BCUT2D eigenvalue weighted by Gasteiger charge is 2.37. The lowest BCUT2D eigenvalue weighted by Crippen LogP contribution is -2.38. The van der Waals surface area contributed by atoms with Crippen molar-refractivity contribution in [2.45, 2.75) is 38.4 Å². The molecule has 0 radical (unpaired) electrons. The van der Waals surface area contributed by atoms with Gasteiger partial charge in [-0.1, -0.05) is 0 Å². The van der Waals surface area contributed by atoms with E-state index in [-0.39, 0.29) is 11.4 Å². The third kappa shape index (κ3) is 4.99. The summed E-state index contributed by atoms with van der Waals surface area (Å²) in [6, 6.07) is 4.31. The fraction of sp³-hybridized carbons (Fsp3) is 0.412. The smallest absolute Gasteiger partial charge is 0.402 e. The van der Waals surface area contributed by atoms with E-state index in [1.165, 1.54) is 23.5 Å². The highest BCUT2D eigenvalue weighted by molar-refractivity contribution is 7.89. The standard InChI is InChI=1S/C17H20F3NO3S2/c1-4-24-16-12(2)7-15(8-13(16)3)26(22,23)21(11-17(18,19)20)9-14-5-6-25-10-14/h5-8,10H,4,9,11H2,1-3H3. The Bertz CT molecular complexity index is 824. The number of halogens is 3. The monoisotopic (exact) mass is 407 g/mol. The molecule has 4 nitrogen and oxygen atoms in total. The predicted octanol–water partition coefficient (Wildman–Crippen LogP) is 4.52. The summed E-state index contributed by atoms with van der Waals surface area (Å²) in [6.45, 7) is 3.67. The van der Waals surface area contributed by atoms with Crippen LogP contribution in [-0.4, -0.2) is 32.1 Å². The summed E-state index contributed by atoms with van der Waals surface area (Å²) >= 11 is 1.30. The van der Waals surface area contributed by atoms with E-state index < -0.39 is 22.7 Å². The quantitative estimate of drug-likeness (QED) is 0.678. The molecule has 1 heterocycles. The van der Waals surface area contributed by atoms with Crippen LogP contribution in [0.3, 0.4) is 0 Å². The molecular formula is C17H20F3NO3S2. The SMILES string of the molecule is CCOc1c(C)cc(S(=O)(=O)N(Cc2ccsc2)CC(F)(F)F)cc1C. The van der Waals surface area contributed by atoms with Crippen LogP contribution in [0.5, 0.6) is 5.75 Å². The zero-order chi connectivity index (χ0) is 19.5. The number of rotatable bonds is 7. The zero-order valence-electron chi connectivity index (χ0n) is 14.6. The van der Waals surface area contributed by atoms with Gasteiger partial charge >= 0.3 is 6.18 Å². The number of sulfonamides is 1. The number of ether oxygens (including phenoxy) is 1. The second-order valence-corrected chi connectivity index (χ2v) is 8.56. The molecule has 0 N–H and O–H groups in total. The van der Waals surface area contributed by atoms with Gasteiger partial charge in [-0.15, -0.1) is 0 Å². The van der Waals surface area contributed by atoms with Crippen molar-refractivity contribution in [1.82, 2.24) is 4.31 Å². The molecule has 1 aromatic heterocycles. The van der Waals surface area contributed by atoms with Crippen LogP contribution in [0.2, 0.25) is 0 Å². The molecule has 0 unspecified atom stereocenters. The summed E-state index contributed by atoms with van der Waals surface area (Å²) in [5, 5.41) is 3.33. The molecular weight excluding hydrogens is 387 g/mol. The predicted molar refractivity (Wildman–Crippen MR) is 95.1 cm³/mol. The maximum atomic E-state index is 13.0. The van der Waals surface area contributed by atoms with Crippen molar-refractivity contribution in [2.24, 2.45) is 0 Å². The van der Waals surface area contributed by atoms with Crippen molar-refractivity contribution in [3.05, 3.63) is 45.6 Å². The van der Waals surface area contributed by atoms with Crippen molar-refractivity contribution in [2.75, 3.05) is 13.2 Å². The number of hydrogen-bond donors (Lipinski definition) is 0. The lowest BCUT2D eigenvalue weighted by molar-refractivity contribution is -0.136. The Balaban J connectivity index is 2.45. The topological polar surface area (TPSA) is 46.6 Å². The van der Waals surface area contributed by atoms with Crippen LogP contribution < -0.4 is 4.74 Å². The maximum absolute atomic E-state index is 13.0. The number of nitrogens with zero attached hydrogens (tertiary/aromatic N) is 1. The summed E-state index contributed by atoms with van der Waals surface area (Å²) in [4.78, 5) is -0.171. The number of alkyl halides is 3. The second kappa shape index (κ2) is 7.98. The van der Waals surface area contributed by atoms with Gasteiger partial charge in [0.05, 0.1) is 11.5 Å². The van der Waals surface area contributed by atoms with Crippen molar-refractivity contribution >= 4 is 21.4 Å². The molecule has 0 aliphatic heterocycles. The first kappa shape index (κ1) is 20.7. The molecule has 0 amide bonds. The van der Waals surface area contributed by atoms with E-state index in [1.807, 2.05) is 0 Å². The molecule has 0 atom stereocenters. The third-order valence-electron chi connectivity index (χ3n) is 3.65. The van der Waals surface area contributed by atoms with Gasteiger partial charge < -0.3 is 4.74 Å². The number of benzene rings is 1. The normalized spacial score (nSPS) is 12.6. The van der Waals surface area contributed by atoms with Gasteiger partial charge in [-0.05, 0) is 66.4 Å². The molecule has 0 aliphatic rings. The number of aryl methyl sites for hydroxylation is 2. The summed E-state index contributed by atoms with van der Waals surface area (Å²) in [5.74, 6) is 0.548. The van der Waals surface area contributed by atoms with Gasteiger partial charge in [0, 0.05) is 6.54 Å². The average Bonchev–Trinajstić information content (AvgIpc) is 3.01. The minimum Gasteiger partial charge on any atom is -0.493 e. The molecule has 2 rings (SSSR count). The van der Waals surface area contributed by atoms with E-state index in [1.54, 1.807) is 37.6 Å². The Labute approximate surface area is 155 Å². The van der Waals surface area contributed by atoms with Crippen molar-refractivity contribution < 1.29 is 26.3 Å². The van der Waals surface area contributed by atoms with E-state index in [9.17, 15) is 21.6 Å². The molecule has 9 heteroatoms. The Morgan fingerprint density at radius 2 is 1.81 bits per heavy atom. The van der Waals surface area contributed by atoms with Crippen LogP contribution in [0.25, 0.3) is 0 Å². The summed E-state index contributed by atoms with van der Waals surface area (Å²) in [7, 11) is -4.32. The van der Waals surface area contributed by atoms with Gasteiger partial charge in [-0.2, -0.15) is 28.8 Å². The highest BCUT2D eigenvalue weighted by atomic mass is 32.2. The molecule has 0 bridgehead atoms. The van der Waals surface area contributed by atoms with Crippen molar-refractivity contribution in [3.63, 3.8) is 0 Å². The molecule has 1 aromatic carbocycles. The Hall–Kier alpha value is -1.58. The van der Waals surface area contributed by atoms with Gasteiger partial charge in [0.15, 0.2) is 0 Å². The van der Waals surface area contributed by atoms with Crippen LogP contribution >= 0.6 is 11.3 Å². The zero-order valence-corrected chi connectivity index (χ0v) is 16.3. The van der Waals surface area contributed by atoms with Crippen LogP contribution in [0.1, 0.15) is 23.6 Å². The van der Waals surface area contributed by atoms with Gasteiger partial charge in [-0.25, -0.2) is 8.42 Å². The molecule has 0 aliphatic carbocycles. The fourth-order valence-corrected chi connectivity index (χ4v) is 4.84. The first-order chi connectivity index (χ1) is 12.0. The van der Waals surface area contributed by atoms with E-state index in [0.29, 0.717) is 33.4 Å². The minimum absolute atomic E-state index is 0.171. The van der Waals surface area contributed by atoms with E-state index >= 15 is 0 Å². The van der Waals surface area contributed by atoms with Crippen LogP contribution in [0.4, 0.5) is 13.2 Å². The van der Waals surface area contributed by atoms with E-state index in [4.69, 9.17) is 4.74 Å². The summed E-state index contributed by atoms with van der Waals surface area (Å²) in [6.07, 6.45) is -4.64. The van der Waals surface area contributed by atoms with Crippen LogP contribution in [0.15, 0.2) is 33.9 Å². The average molecular weight is 407 g/mol. The molecule has 0 saturated carbocycles. The van der Waals surface area contributed by atoms with Crippen LogP contribution in [-0.2, 0) is 16.6 Å². The first-order valence-electron chi connectivity index (χ1n) is 7.86. The van der Waals surface area contributed by atoms with E-state index in [2.05, 4.69) is 0 Å². The van der Waals surface area contributed by atoms with Gasteiger partial charge in [0.25, 0.3) is 0 Å². The van der Waals surface area contributed by atoms with Crippen LogP contribution in [0, 0.1) is 13.8 Å². The lowest BCUT2D eigenvalue weighted by atomic mass is 10.1. The largest absolute Gasteiger partial charge is 0.493 e. The third-order valence-corrected chi connectivity index (χ3v) is 6.16. The Morgan fingerprint density at radius 3 is 2.27 bits per heavy atom. The van der Waals surface area contributed by atoms with Crippen molar-refractivity contribution in [1.29, 1.82) is 0 Å². The molecule has 2 aromatic rings. The van der Waals surface area contributed by atoms with Gasteiger partial charge in [0.2, 0.25) is 10.0 Å². The second-order valence-electron chi connectivity index (χ2n) is 5.84. The molecule has 144 valence electrons. The fourth-order valence-electron chi connectivity index (χ4n) is 2.59.